The number of hydrogen-bond acceptors (Lipinski definition) is 2. The Morgan fingerprint density at radius 2 is 2.00 bits per heavy atom. The van der Waals surface area contributed by atoms with Crippen LogP contribution in [0.2, 0.25) is 0 Å². The van der Waals surface area contributed by atoms with E-state index in [0.29, 0.717) is 6.07 Å². The van der Waals surface area contributed by atoms with Crippen LogP contribution in [0.1, 0.15) is 18.1 Å². The third kappa shape index (κ3) is 3.92. The maximum atomic E-state index is 13.1. The lowest BCUT2D eigenvalue weighted by Crippen LogP contribution is -2.35. The molecule has 7 heteroatoms. The molecule has 0 radical (unpaired) electrons. The summed E-state index contributed by atoms with van der Waals surface area (Å²) in [5.74, 6) is -2.43. The van der Waals surface area contributed by atoms with Crippen molar-refractivity contribution in [2.24, 2.45) is 0 Å². The van der Waals surface area contributed by atoms with E-state index in [-0.39, 0.29) is 12.1 Å². The van der Waals surface area contributed by atoms with Gasteiger partial charge in [0.15, 0.2) is 0 Å². The smallest absolute Gasteiger partial charge is 0.419 e. The third-order valence-electron chi connectivity index (χ3n) is 2.79. The van der Waals surface area contributed by atoms with Crippen LogP contribution in [0.15, 0.2) is 18.2 Å². The summed E-state index contributed by atoms with van der Waals surface area (Å²) in [6.45, 7) is 1.40. The topological polar surface area (TPSA) is 40.5 Å². The number of halogens is 4. The molecule has 0 aromatic heterocycles. The van der Waals surface area contributed by atoms with Crippen LogP contribution in [0.5, 0.6) is 0 Å². The van der Waals surface area contributed by atoms with Crippen molar-refractivity contribution < 1.29 is 27.5 Å². The molecule has 3 nitrogen and oxygen atoms in total. The van der Waals surface area contributed by atoms with Gasteiger partial charge < -0.3 is 5.11 Å². The van der Waals surface area contributed by atoms with Crippen molar-refractivity contribution in [3.8, 4) is 0 Å². The second kappa shape index (κ2) is 5.56. The van der Waals surface area contributed by atoms with Crippen molar-refractivity contribution in [1.82, 2.24) is 4.90 Å². The molecule has 106 valence electrons. The van der Waals surface area contributed by atoms with Gasteiger partial charge in [-0.2, -0.15) is 13.2 Å². The van der Waals surface area contributed by atoms with Gasteiger partial charge in [0.2, 0.25) is 0 Å². The first-order valence-electron chi connectivity index (χ1n) is 5.41. The first-order valence-corrected chi connectivity index (χ1v) is 5.41. The number of carboxylic acids is 1. The summed E-state index contributed by atoms with van der Waals surface area (Å²) in [4.78, 5) is 12.1. The van der Waals surface area contributed by atoms with Crippen molar-refractivity contribution in [2.45, 2.75) is 25.7 Å². The SMILES string of the molecule is CC(C(=O)O)N(C)Cc1ccc(F)c(C(F)(F)F)c1. The van der Waals surface area contributed by atoms with Crippen molar-refractivity contribution in [1.29, 1.82) is 0 Å². The van der Waals surface area contributed by atoms with Crippen molar-refractivity contribution in [2.75, 3.05) is 7.05 Å². The van der Waals surface area contributed by atoms with Crippen molar-refractivity contribution in [3.05, 3.63) is 35.1 Å². The predicted molar refractivity (Wildman–Crippen MR) is 60.0 cm³/mol. The zero-order valence-electron chi connectivity index (χ0n) is 10.3. The highest BCUT2D eigenvalue weighted by Crippen LogP contribution is 2.32. The van der Waals surface area contributed by atoms with Gasteiger partial charge >= 0.3 is 12.1 Å². The Morgan fingerprint density at radius 1 is 1.42 bits per heavy atom. The minimum atomic E-state index is -4.77. The van der Waals surface area contributed by atoms with Gasteiger partial charge in [-0.05, 0) is 31.7 Å². The Hall–Kier alpha value is -1.63. The lowest BCUT2D eigenvalue weighted by molar-refractivity contribution is -0.142. The third-order valence-corrected chi connectivity index (χ3v) is 2.79. The van der Waals surface area contributed by atoms with Gasteiger partial charge in [0, 0.05) is 6.54 Å². The zero-order chi connectivity index (χ0) is 14.8. The minimum Gasteiger partial charge on any atom is -0.480 e. The van der Waals surface area contributed by atoms with Crippen LogP contribution >= 0.6 is 0 Å². The van der Waals surface area contributed by atoms with E-state index in [2.05, 4.69) is 0 Å². The molecule has 0 saturated carbocycles. The molecule has 1 atom stereocenters. The number of carbonyl (C=O) groups is 1. The lowest BCUT2D eigenvalue weighted by Gasteiger charge is -2.21. The molecule has 0 saturated heterocycles. The van der Waals surface area contributed by atoms with E-state index < -0.39 is 29.6 Å². The Bertz CT molecular complexity index is 473. The first-order chi connectivity index (χ1) is 8.62. The second-order valence-corrected chi connectivity index (χ2v) is 4.24. The molecule has 0 amide bonds. The van der Waals surface area contributed by atoms with Gasteiger partial charge in [-0.1, -0.05) is 6.07 Å². The highest BCUT2D eigenvalue weighted by molar-refractivity contribution is 5.72. The first kappa shape index (κ1) is 15.4. The fourth-order valence-electron chi connectivity index (χ4n) is 1.50. The molecule has 0 aliphatic rings. The normalized spacial score (nSPS) is 13.6. The molecule has 0 aliphatic heterocycles. The Kier molecular flexibility index (Phi) is 4.52. The lowest BCUT2D eigenvalue weighted by atomic mass is 10.1. The molecule has 1 unspecified atom stereocenters. The van der Waals surface area contributed by atoms with Crippen LogP contribution in [0.25, 0.3) is 0 Å². The van der Waals surface area contributed by atoms with Crippen LogP contribution in [0, 0.1) is 5.82 Å². The van der Waals surface area contributed by atoms with Crippen LogP contribution in [-0.4, -0.2) is 29.1 Å². The number of rotatable bonds is 4. The highest BCUT2D eigenvalue weighted by atomic mass is 19.4. The number of likely N-dealkylation sites (N-methyl/N-ethyl adjacent to an activating group) is 1. The average Bonchev–Trinajstić information content (AvgIpc) is 2.28. The summed E-state index contributed by atoms with van der Waals surface area (Å²) < 4.78 is 50.6. The van der Waals surface area contributed by atoms with E-state index in [9.17, 15) is 22.4 Å². The molecule has 0 fully saturated rings. The number of nitrogens with zero attached hydrogens (tertiary/aromatic N) is 1. The van der Waals surface area contributed by atoms with Crippen LogP contribution < -0.4 is 0 Å². The van der Waals surface area contributed by atoms with Crippen LogP contribution in [0.3, 0.4) is 0 Å². The summed E-state index contributed by atoms with van der Waals surface area (Å²) in [5, 5.41) is 8.78. The standard InChI is InChI=1S/C12H13F4NO2/c1-7(11(18)19)17(2)6-8-3-4-10(13)9(5-8)12(14,15)16/h3-5,7H,6H2,1-2H3,(H,18,19). The van der Waals surface area contributed by atoms with E-state index in [0.717, 1.165) is 6.07 Å². The minimum absolute atomic E-state index is 0.0170. The zero-order valence-corrected chi connectivity index (χ0v) is 10.3. The molecular formula is C12H13F4NO2. The Balaban J connectivity index is 2.95. The fourth-order valence-corrected chi connectivity index (χ4v) is 1.50. The van der Waals surface area contributed by atoms with Gasteiger partial charge in [0.1, 0.15) is 11.9 Å². The molecule has 0 spiro atoms. The summed E-state index contributed by atoms with van der Waals surface area (Å²) >= 11 is 0. The molecule has 0 bridgehead atoms. The molecule has 0 heterocycles. The van der Waals surface area contributed by atoms with E-state index >= 15 is 0 Å². The Morgan fingerprint density at radius 3 is 2.47 bits per heavy atom. The summed E-state index contributed by atoms with van der Waals surface area (Å²) in [7, 11) is 1.47. The van der Waals surface area contributed by atoms with Gasteiger partial charge in [-0.15, -0.1) is 0 Å². The summed E-state index contributed by atoms with van der Waals surface area (Å²) in [6, 6.07) is 1.78. The van der Waals surface area contributed by atoms with E-state index in [1.807, 2.05) is 0 Å². The van der Waals surface area contributed by atoms with Crippen LogP contribution in [0.4, 0.5) is 17.6 Å². The number of hydrogen-bond donors (Lipinski definition) is 1. The van der Waals surface area contributed by atoms with Crippen LogP contribution in [-0.2, 0) is 17.5 Å². The largest absolute Gasteiger partial charge is 0.480 e. The molecule has 1 aromatic carbocycles. The molecule has 0 aliphatic carbocycles. The fraction of sp³-hybridized carbons (Fsp3) is 0.417. The van der Waals surface area contributed by atoms with Gasteiger partial charge in [0.25, 0.3) is 0 Å². The number of aliphatic carboxylic acids is 1. The Labute approximate surface area is 107 Å². The molecule has 1 aromatic rings. The van der Waals surface area contributed by atoms with E-state index in [4.69, 9.17) is 5.11 Å². The number of carboxylic acid groups (broad SMARTS) is 1. The molecule has 1 N–H and O–H groups in total. The maximum Gasteiger partial charge on any atom is 0.419 e. The van der Waals surface area contributed by atoms with E-state index in [1.165, 1.54) is 24.9 Å². The van der Waals surface area contributed by atoms with Gasteiger partial charge in [-0.25, -0.2) is 4.39 Å². The quantitative estimate of drug-likeness (QED) is 0.861. The monoisotopic (exact) mass is 279 g/mol. The molecule has 1 rings (SSSR count). The number of benzene rings is 1. The average molecular weight is 279 g/mol. The highest BCUT2D eigenvalue weighted by Gasteiger charge is 2.34. The van der Waals surface area contributed by atoms with E-state index in [1.54, 1.807) is 0 Å². The predicted octanol–water partition coefficient (Wildman–Crippen LogP) is 2.75. The van der Waals surface area contributed by atoms with Gasteiger partial charge in [-0.3, -0.25) is 9.69 Å². The number of alkyl halides is 3. The second-order valence-electron chi connectivity index (χ2n) is 4.24. The molecule has 19 heavy (non-hydrogen) atoms. The summed E-state index contributed by atoms with van der Waals surface area (Å²) in [5.41, 5.74) is -1.15. The molecular weight excluding hydrogens is 266 g/mol. The van der Waals surface area contributed by atoms with Crippen molar-refractivity contribution >= 4 is 5.97 Å². The maximum absolute atomic E-state index is 13.1. The van der Waals surface area contributed by atoms with Crippen molar-refractivity contribution in [3.63, 3.8) is 0 Å². The summed E-state index contributed by atoms with van der Waals surface area (Å²) in [6.07, 6.45) is -4.77. The van der Waals surface area contributed by atoms with Gasteiger partial charge in [0.05, 0.1) is 5.56 Å².